The third-order valence-corrected chi connectivity index (χ3v) is 14.9. The molecular weight excluding hydrogens is 804 g/mol. The van der Waals surface area contributed by atoms with E-state index in [-0.39, 0.29) is 34.0 Å². The van der Waals surface area contributed by atoms with Crippen LogP contribution in [-0.2, 0) is 45.4 Å². The maximum absolute atomic E-state index is 12.3. The summed E-state index contributed by atoms with van der Waals surface area (Å²) in [5.41, 5.74) is 11.8. The molecule has 0 radical (unpaired) electrons. The first kappa shape index (κ1) is 39.7. The largest absolute Gasteiger partial charge is 0.778 e. The number of aliphatic hydroxyl groups is 4. The molecule has 6 rings (SSSR count). The Hall–Kier alpha value is -2.94. The molecule has 2 aliphatic heterocycles. The molecule has 28 nitrogen and oxygen atoms in total. The van der Waals surface area contributed by atoms with Gasteiger partial charge in [0.05, 0.1) is 31.8 Å². The van der Waals surface area contributed by atoms with Gasteiger partial charge in [-0.3, -0.25) is 26.9 Å². The van der Waals surface area contributed by atoms with Gasteiger partial charge in [-0.2, -0.15) is 0 Å². The number of nitrogens with zero attached hydrogens (tertiary/aromatic N) is 8. The van der Waals surface area contributed by atoms with Crippen LogP contribution in [0.2, 0.25) is 0 Å². The van der Waals surface area contributed by atoms with Crippen molar-refractivity contribution in [2.45, 2.75) is 49.1 Å². The van der Waals surface area contributed by atoms with Crippen LogP contribution in [-0.4, -0.2) is 115 Å². The summed E-state index contributed by atoms with van der Waals surface area (Å²) in [6, 6.07) is 0. The predicted molar refractivity (Wildman–Crippen MR) is 161 cm³/mol. The normalized spacial score (nSPS) is 30.9. The number of anilines is 2. The third-order valence-electron chi connectivity index (χ3n) is 7.59. The van der Waals surface area contributed by atoms with Crippen molar-refractivity contribution in [2.75, 3.05) is 30.6 Å². The quantitative estimate of drug-likeness (QED) is 0.0649. The summed E-state index contributed by atoms with van der Waals surface area (Å²) >= 11 is 0. The standard InChI is InChI=1S/C21H30N10O18P4/c22-16-10-18(26-3-24-16)30(5-28-10)20-14(34)12(32)8(46-20)1-44-52(40,41)48-50(36,37)7-51(38,39)49-53(42,43)45-2-9-13(33)15(35)21(47-9)31-6-29-11-17(23)25-4-27-19(11)31/h3-6,8-9,12-15,20-21,32-35H,1-2,7H2,(H,36,37)(H,38,39)(H,40,41)(H,42,43)(H2,22,24,26)(H2,23,25,27)/p-4/t8-,9-,12+,13?,14+,15?,20-,21-/m1/s1. The van der Waals surface area contributed by atoms with E-state index in [0.717, 1.165) is 34.4 Å². The highest BCUT2D eigenvalue weighted by molar-refractivity contribution is 7.75. The van der Waals surface area contributed by atoms with E-state index in [2.05, 4.69) is 47.6 Å². The fourth-order valence-electron chi connectivity index (χ4n) is 5.25. The molecule has 0 aromatic carbocycles. The average molecular weight is 830 g/mol. The van der Waals surface area contributed by atoms with Crippen LogP contribution in [0.15, 0.2) is 25.3 Å². The van der Waals surface area contributed by atoms with Crippen LogP contribution in [0.5, 0.6) is 0 Å². The van der Waals surface area contributed by atoms with Crippen molar-refractivity contribution >= 4 is 64.8 Å². The maximum atomic E-state index is 12.3. The third kappa shape index (κ3) is 8.50. The molecule has 12 atom stereocenters. The highest BCUT2D eigenvalue weighted by Gasteiger charge is 2.46. The second-order valence-corrected chi connectivity index (χ2v) is 18.5. The zero-order valence-corrected chi connectivity index (χ0v) is 29.7. The number of hydrogen-bond acceptors (Lipinski definition) is 26. The van der Waals surface area contributed by atoms with Crippen molar-refractivity contribution in [1.82, 2.24) is 39.0 Å². The number of nitrogen functional groups attached to an aromatic ring is 2. The molecule has 0 saturated carbocycles. The van der Waals surface area contributed by atoms with E-state index >= 15 is 0 Å². The minimum Gasteiger partial charge on any atom is -0.778 e. The van der Waals surface area contributed by atoms with E-state index in [1.165, 1.54) is 0 Å². The number of aromatic nitrogens is 8. The summed E-state index contributed by atoms with van der Waals surface area (Å²) in [5, 5.41) is 41.7. The minimum absolute atomic E-state index is 0.0245. The lowest BCUT2D eigenvalue weighted by molar-refractivity contribution is -0.235. The molecule has 292 valence electrons. The fraction of sp³-hybridized carbons (Fsp3) is 0.524. The monoisotopic (exact) mass is 830 g/mol. The summed E-state index contributed by atoms with van der Waals surface area (Å²) in [7, 11) is -24.2. The first-order valence-electron chi connectivity index (χ1n) is 14.5. The van der Waals surface area contributed by atoms with E-state index in [1.807, 2.05) is 0 Å². The molecule has 6 unspecified atom stereocenters. The SMILES string of the molecule is Nc1ncnc2c1ncn2[C@@H]1O[C@H](COP(=O)([O-])OP(=O)([O-])CP(=O)([O-])OP(=O)([O-])OC[C@H]2O[C@@H](n3cnc4c(N)ncnc43)[C@@H](O)[C@H]2O)C(O)C1O. The van der Waals surface area contributed by atoms with Gasteiger partial charge < -0.3 is 79.1 Å². The average Bonchev–Trinajstić information content (AvgIpc) is 3.80. The second kappa shape index (κ2) is 14.6. The number of aliphatic hydroxyl groups excluding tert-OH is 4. The van der Waals surface area contributed by atoms with Crippen molar-refractivity contribution in [3.63, 3.8) is 0 Å². The number of phosphoric acid groups is 2. The number of fused-ring (bicyclic) bond motifs is 2. The molecule has 2 aliphatic rings. The molecule has 2 fully saturated rings. The van der Waals surface area contributed by atoms with Crippen LogP contribution < -0.4 is 31.0 Å². The molecule has 2 saturated heterocycles. The van der Waals surface area contributed by atoms with Gasteiger partial charge >= 0.3 is 0 Å². The van der Waals surface area contributed by atoms with E-state index in [9.17, 15) is 58.3 Å². The number of rotatable bonds is 14. The Morgan fingerprint density at radius 3 is 1.40 bits per heavy atom. The fourth-order valence-corrected chi connectivity index (χ4v) is 11.8. The molecule has 4 aromatic heterocycles. The van der Waals surface area contributed by atoms with Gasteiger partial charge in [0.25, 0.3) is 15.6 Å². The number of phosphoric ester groups is 2. The summed E-state index contributed by atoms with van der Waals surface area (Å²) in [4.78, 5) is 72.6. The summed E-state index contributed by atoms with van der Waals surface area (Å²) in [6.45, 7) is -2.34. The van der Waals surface area contributed by atoms with Gasteiger partial charge in [-0.05, 0) is 0 Å². The van der Waals surface area contributed by atoms with Crippen LogP contribution in [0, 0.1) is 0 Å². The lowest BCUT2D eigenvalue weighted by atomic mass is 10.1. The lowest BCUT2D eigenvalue weighted by Gasteiger charge is -2.37. The zero-order chi connectivity index (χ0) is 38.7. The molecule has 4 aromatic rings. The number of ether oxygens (including phenoxy) is 2. The lowest BCUT2D eigenvalue weighted by Crippen LogP contribution is -2.34. The summed E-state index contributed by atoms with van der Waals surface area (Å²) in [6.07, 6.45) is -8.85. The Kier molecular flexibility index (Phi) is 11.0. The molecule has 0 amide bonds. The van der Waals surface area contributed by atoms with E-state index in [4.69, 9.17) is 20.9 Å². The zero-order valence-electron chi connectivity index (χ0n) is 26.1. The minimum atomic E-state index is -6.10. The van der Waals surface area contributed by atoms with Crippen molar-refractivity contribution in [3.05, 3.63) is 25.3 Å². The van der Waals surface area contributed by atoms with Gasteiger partial charge in [-0.1, -0.05) is 0 Å². The summed E-state index contributed by atoms with van der Waals surface area (Å²) in [5.74, 6) is -2.40. The smallest absolute Gasteiger partial charge is 0.272 e. The van der Waals surface area contributed by atoms with Crippen LogP contribution in [0.4, 0.5) is 11.6 Å². The van der Waals surface area contributed by atoms with Crippen LogP contribution in [0.1, 0.15) is 12.5 Å². The van der Waals surface area contributed by atoms with Gasteiger partial charge in [0, 0.05) is 0 Å². The number of imidazole rings is 2. The van der Waals surface area contributed by atoms with Crippen LogP contribution in [0.25, 0.3) is 22.3 Å². The first-order valence-corrected chi connectivity index (χ1v) is 20.9. The maximum Gasteiger partial charge on any atom is 0.272 e. The van der Waals surface area contributed by atoms with E-state index in [1.54, 1.807) is 0 Å². The van der Waals surface area contributed by atoms with Crippen LogP contribution >= 0.6 is 30.8 Å². The van der Waals surface area contributed by atoms with E-state index in [0.29, 0.717) is 0 Å². The Balaban J connectivity index is 1.01. The van der Waals surface area contributed by atoms with Crippen LogP contribution in [0.3, 0.4) is 0 Å². The van der Waals surface area contributed by atoms with Crippen molar-refractivity contribution in [3.8, 4) is 0 Å². The second-order valence-electron chi connectivity index (χ2n) is 11.3. The van der Waals surface area contributed by atoms with Crippen molar-refractivity contribution in [2.24, 2.45) is 0 Å². The molecule has 0 bridgehead atoms. The van der Waals surface area contributed by atoms with Gasteiger partial charge in [0.2, 0.25) is 0 Å². The summed E-state index contributed by atoms with van der Waals surface area (Å²) < 4.78 is 79.0. The Bertz CT molecular complexity index is 2040. The highest BCUT2D eigenvalue weighted by Crippen LogP contribution is 2.65. The molecular formula is C21H26N10O18P4-4. The number of nitrogens with two attached hydrogens (primary N) is 2. The van der Waals surface area contributed by atoms with Gasteiger partial charge in [-0.25, -0.2) is 29.9 Å². The number of hydrogen-bond donors (Lipinski definition) is 6. The van der Waals surface area contributed by atoms with Gasteiger partial charge in [-0.15, -0.1) is 0 Å². The highest BCUT2D eigenvalue weighted by atomic mass is 31.3. The molecule has 0 spiro atoms. The molecule has 32 heteroatoms. The van der Waals surface area contributed by atoms with Gasteiger partial charge in [0.15, 0.2) is 50.6 Å². The molecule has 6 heterocycles. The topological polar surface area (TPSA) is 436 Å². The first-order chi connectivity index (χ1) is 24.7. The Labute approximate surface area is 294 Å². The molecule has 0 aliphatic carbocycles. The Morgan fingerprint density at radius 1 is 0.642 bits per heavy atom. The molecule has 53 heavy (non-hydrogen) atoms. The van der Waals surface area contributed by atoms with E-state index < -0.39 is 99.0 Å². The Morgan fingerprint density at radius 2 is 1.02 bits per heavy atom. The van der Waals surface area contributed by atoms with Crippen molar-refractivity contribution < 1.29 is 85.4 Å². The predicted octanol–water partition coefficient (Wildman–Crippen LogP) is -4.86. The van der Waals surface area contributed by atoms with Gasteiger partial charge in [0.1, 0.15) is 60.3 Å². The van der Waals surface area contributed by atoms with Crippen molar-refractivity contribution in [1.29, 1.82) is 0 Å². The molecule has 8 N–H and O–H groups in total.